The molecule has 26 heavy (non-hydrogen) atoms. The number of hydrogen-bond acceptors (Lipinski definition) is 1. The summed E-state index contributed by atoms with van der Waals surface area (Å²) in [7, 11) is 0. The zero-order chi connectivity index (χ0) is 16.8. The van der Waals surface area contributed by atoms with Crippen LogP contribution in [-0.2, 0) is 13.1 Å². The minimum atomic E-state index is 0. The Kier molecular flexibility index (Phi) is 9.38. The molecule has 5 nitrogen and oxygen atoms in total. The van der Waals surface area contributed by atoms with Gasteiger partial charge < -0.3 is 24.8 Å². The van der Waals surface area contributed by atoms with Crippen molar-refractivity contribution in [2.45, 2.75) is 52.6 Å². The van der Waals surface area contributed by atoms with Gasteiger partial charge in [-0.25, -0.2) is 9.13 Å². The Bertz CT molecular complexity index is 720. The first-order valence-electron chi connectivity index (χ1n) is 8.92. The van der Waals surface area contributed by atoms with E-state index < -0.39 is 0 Å². The third-order valence-electron chi connectivity index (χ3n) is 4.17. The first-order valence-corrected chi connectivity index (χ1v) is 8.92. The SMILES string of the molecule is CCCC[n+]1ccn(-c2cccc(-n3cc[n+](CCCC)c3)n2)c1.[Cl-].[Cl-]. The Morgan fingerprint density at radius 2 is 1.27 bits per heavy atom. The van der Waals surface area contributed by atoms with Crippen LogP contribution in [-0.4, -0.2) is 14.1 Å². The van der Waals surface area contributed by atoms with Gasteiger partial charge in [-0.2, -0.15) is 14.1 Å². The van der Waals surface area contributed by atoms with Crippen LogP contribution in [0.15, 0.2) is 55.6 Å². The number of nitrogens with zero attached hydrogens (tertiary/aromatic N) is 5. The molecule has 0 spiro atoms. The van der Waals surface area contributed by atoms with Crippen molar-refractivity contribution in [1.82, 2.24) is 14.1 Å². The van der Waals surface area contributed by atoms with Gasteiger partial charge in [0, 0.05) is 12.1 Å². The van der Waals surface area contributed by atoms with E-state index in [1.165, 1.54) is 25.7 Å². The molecule has 3 aromatic rings. The molecular formula is C19H27Cl2N5. The number of imidazole rings is 2. The molecule has 3 rings (SSSR count). The first-order chi connectivity index (χ1) is 11.8. The second kappa shape index (κ2) is 11.0. The summed E-state index contributed by atoms with van der Waals surface area (Å²) >= 11 is 0. The highest BCUT2D eigenvalue weighted by Crippen LogP contribution is 2.08. The maximum Gasteiger partial charge on any atom is 0.250 e. The first kappa shape index (κ1) is 22.2. The van der Waals surface area contributed by atoms with Gasteiger partial charge in [0.1, 0.15) is 24.8 Å². The smallest absolute Gasteiger partial charge is 0.250 e. The second-order valence-electron chi connectivity index (χ2n) is 6.18. The highest BCUT2D eigenvalue weighted by atomic mass is 35.5. The molecule has 0 aliphatic heterocycles. The van der Waals surface area contributed by atoms with Crippen LogP contribution in [0.3, 0.4) is 0 Å². The van der Waals surface area contributed by atoms with Gasteiger partial charge in [0.15, 0.2) is 0 Å². The minimum Gasteiger partial charge on any atom is -1.00 e. The number of halogens is 2. The molecule has 0 fully saturated rings. The van der Waals surface area contributed by atoms with Gasteiger partial charge in [-0.05, 0) is 12.8 Å². The average molecular weight is 396 g/mol. The van der Waals surface area contributed by atoms with Crippen LogP contribution in [0.25, 0.3) is 11.6 Å². The van der Waals surface area contributed by atoms with Crippen LogP contribution in [0, 0.1) is 0 Å². The number of aromatic nitrogens is 5. The summed E-state index contributed by atoms with van der Waals surface area (Å²) in [6.45, 7) is 6.54. The fourth-order valence-electron chi connectivity index (χ4n) is 2.71. The zero-order valence-electron chi connectivity index (χ0n) is 15.4. The highest BCUT2D eigenvalue weighted by molar-refractivity contribution is 5.31. The standard InChI is InChI=1S/C19H27N5.2ClH/c1-3-5-10-21-12-14-23(16-21)18-8-7-9-19(20-18)24-15-13-22(17-24)11-6-4-2;;/h7-9,12-17H,3-6,10-11H2,1-2H3;2*1H/q+2;;/p-2. The van der Waals surface area contributed by atoms with Crippen LogP contribution >= 0.6 is 0 Å². The molecule has 0 amide bonds. The molecule has 3 heterocycles. The van der Waals surface area contributed by atoms with E-state index in [-0.39, 0.29) is 24.8 Å². The molecule has 0 aliphatic rings. The lowest BCUT2D eigenvalue weighted by Crippen LogP contribution is -3.00. The second-order valence-corrected chi connectivity index (χ2v) is 6.18. The van der Waals surface area contributed by atoms with Gasteiger partial charge in [0.2, 0.25) is 24.3 Å². The quantitative estimate of drug-likeness (QED) is 0.370. The molecule has 0 saturated heterocycles. The lowest BCUT2D eigenvalue weighted by Gasteiger charge is -1.98. The van der Waals surface area contributed by atoms with Crippen LogP contribution in [0.4, 0.5) is 0 Å². The zero-order valence-corrected chi connectivity index (χ0v) is 16.9. The molecule has 0 saturated carbocycles. The van der Waals surface area contributed by atoms with Gasteiger partial charge in [-0.3, -0.25) is 0 Å². The summed E-state index contributed by atoms with van der Waals surface area (Å²) in [5.74, 6) is 1.88. The van der Waals surface area contributed by atoms with Crippen molar-refractivity contribution in [3.63, 3.8) is 0 Å². The summed E-state index contributed by atoms with van der Waals surface area (Å²) in [5.41, 5.74) is 0. The summed E-state index contributed by atoms with van der Waals surface area (Å²) in [6, 6.07) is 6.15. The highest BCUT2D eigenvalue weighted by Gasteiger charge is 2.12. The van der Waals surface area contributed by atoms with Crippen LogP contribution < -0.4 is 33.9 Å². The molecule has 0 unspecified atom stereocenters. The fourth-order valence-corrected chi connectivity index (χ4v) is 2.71. The number of unbranched alkanes of at least 4 members (excludes halogenated alkanes) is 2. The molecule has 0 bridgehead atoms. The Labute approximate surface area is 168 Å². The van der Waals surface area contributed by atoms with Crippen molar-refractivity contribution < 1.29 is 33.9 Å². The Morgan fingerprint density at radius 3 is 1.69 bits per heavy atom. The lowest BCUT2D eigenvalue weighted by molar-refractivity contribution is -0.696. The lowest BCUT2D eigenvalue weighted by atomic mass is 10.3. The molecular weight excluding hydrogens is 369 g/mol. The number of aryl methyl sites for hydroxylation is 2. The number of rotatable bonds is 8. The Hall–Kier alpha value is -1.85. The van der Waals surface area contributed by atoms with Gasteiger partial charge >= 0.3 is 0 Å². The molecule has 0 aliphatic carbocycles. The van der Waals surface area contributed by atoms with Crippen LogP contribution in [0.1, 0.15) is 39.5 Å². The van der Waals surface area contributed by atoms with E-state index in [1.807, 2.05) is 12.1 Å². The molecule has 0 radical (unpaired) electrons. The number of hydrogen-bond donors (Lipinski definition) is 0. The third-order valence-corrected chi connectivity index (χ3v) is 4.17. The largest absolute Gasteiger partial charge is 1.00 e. The number of pyridine rings is 1. The van der Waals surface area contributed by atoms with E-state index >= 15 is 0 Å². The van der Waals surface area contributed by atoms with E-state index in [4.69, 9.17) is 4.98 Å². The summed E-state index contributed by atoms with van der Waals surface area (Å²) < 4.78 is 8.58. The van der Waals surface area contributed by atoms with Gasteiger partial charge in [-0.1, -0.05) is 32.8 Å². The maximum atomic E-state index is 4.80. The Morgan fingerprint density at radius 1 is 0.808 bits per heavy atom. The topological polar surface area (TPSA) is 30.5 Å². The van der Waals surface area contributed by atoms with E-state index in [0.29, 0.717) is 0 Å². The normalized spacial score (nSPS) is 10.2. The minimum absolute atomic E-state index is 0. The fraction of sp³-hybridized carbons (Fsp3) is 0.421. The van der Waals surface area contributed by atoms with Crippen LogP contribution in [0.2, 0.25) is 0 Å². The van der Waals surface area contributed by atoms with E-state index in [1.54, 1.807) is 0 Å². The van der Waals surface area contributed by atoms with Crippen molar-refractivity contribution >= 4 is 0 Å². The van der Waals surface area contributed by atoms with Crippen LogP contribution in [0.5, 0.6) is 0 Å². The molecule has 142 valence electrons. The molecule has 0 N–H and O–H groups in total. The van der Waals surface area contributed by atoms with Crippen molar-refractivity contribution in [1.29, 1.82) is 0 Å². The summed E-state index contributed by atoms with van der Waals surface area (Å²) in [5, 5.41) is 0. The maximum absolute atomic E-state index is 4.80. The monoisotopic (exact) mass is 395 g/mol. The summed E-state index contributed by atoms with van der Waals surface area (Å²) in [4.78, 5) is 4.80. The molecule has 0 atom stereocenters. The molecule has 7 heteroatoms. The van der Waals surface area contributed by atoms with Crippen molar-refractivity contribution in [3.8, 4) is 11.6 Å². The van der Waals surface area contributed by atoms with Crippen molar-refractivity contribution in [2.24, 2.45) is 0 Å². The molecule has 3 aromatic heterocycles. The van der Waals surface area contributed by atoms with Crippen molar-refractivity contribution in [2.75, 3.05) is 0 Å². The van der Waals surface area contributed by atoms with Gasteiger partial charge in [0.25, 0.3) is 0 Å². The predicted octanol–water partition coefficient (Wildman–Crippen LogP) is -3.15. The Balaban J connectivity index is 0.00000169. The summed E-state index contributed by atoms with van der Waals surface area (Å²) in [6.07, 6.45) is 17.4. The average Bonchev–Trinajstić information content (AvgIpc) is 3.28. The molecule has 0 aromatic carbocycles. The van der Waals surface area contributed by atoms with Gasteiger partial charge in [-0.15, -0.1) is 0 Å². The predicted molar refractivity (Wildman–Crippen MR) is 93.1 cm³/mol. The third kappa shape index (κ3) is 5.58. The van der Waals surface area contributed by atoms with E-state index in [9.17, 15) is 0 Å². The van der Waals surface area contributed by atoms with Crippen molar-refractivity contribution in [3.05, 3.63) is 55.6 Å². The van der Waals surface area contributed by atoms with Gasteiger partial charge in [0.05, 0.1) is 13.1 Å². The van der Waals surface area contributed by atoms with E-state index in [0.717, 1.165) is 24.7 Å². The van der Waals surface area contributed by atoms with E-state index in [2.05, 4.69) is 75.6 Å².